The van der Waals surface area contributed by atoms with Crippen molar-refractivity contribution in [1.82, 2.24) is 5.43 Å². The highest BCUT2D eigenvalue weighted by Crippen LogP contribution is 2.29. The van der Waals surface area contributed by atoms with Crippen molar-refractivity contribution in [3.05, 3.63) is 113 Å². The smallest absolute Gasteiger partial charge is 0.264 e. The van der Waals surface area contributed by atoms with Crippen LogP contribution in [0.1, 0.15) is 30.5 Å². The van der Waals surface area contributed by atoms with E-state index in [-0.39, 0.29) is 4.90 Å². The summed E-state index contributed by atoms with van der Waals surface area (Å²) < 4.78 is 45.5. The van der Waals surface area contributed by atoms with Gasteiger partial charge in [-0.05, 0) is 98.6 Å². The molecule has 1 amide bonds. The molecule has 0 aliphatic heterocycles. The van der Waals surface area contributed by atoms with Crippen molar-refractivity contribution < 1.29 is 27.4 Å². The fraction of sp³-hybridized carbons (Fsp3) is 0.212. The van der Waals surface area contributed by atoms with Gasteiger partial charge in [0.25, 0.3) is 15.9 Å². The van der Waals surface area contributed by atoms with Gasteiger partial charge in [0.05, 0.1) is 30.0 Å². The van der Waals surface area contributed by atoms with Gasteiger partial charge in [-0.1, -0.05) is 41.4 Å². The zero-order valence-corrected chi connectivity index (χ0v) is 26.3. The van der Waals surface area contributed by atoms with E-state index in [2.05, 4.69) is 10.5 Å². The molecule has 0 aromatic heterocycles. The summed E-state index contributed by atoms with van der Waals surface area (Å²) in [6.45, 7) is 6.29. The van der Waals surface area contributed by atoms with E-state index in [1.54, 1.807) is 60.7 Å². The maximum atomic E-state index is 13.6. The molecular formula is C33H34ClN3O6S. The average Bonchev–Trinajstić information content (AvgIpc) is 3.01. The second-order valence-electron chi connectivity index (χ2n) is 9.60. The zero-order chi connectivity index (χ0) is 31.5. The van der Waals surface area contributed by atoms with Gasteiger partial charge in [-0.3, -0.25) is 9.10 Å². The maximum Gasteiger partial charge on any atom is 0.264 e. The second-order valence-corrected chi connectivity index (χ2v) is 11.9. The quantitative estimate of drug-likeness (QED) is 0.127. The highest BCUT2D eigenvalue weighted by Gasteiger charge is 2.27. The summed E-state index contributed by atoms with van der Waals surface area (Å²) in [5, 5.41) is 4.68. The average molecular weight is 636 g/mol. The first-order valence-electron chi connectivity index (χ1n) is 14.0. The number of anilines is 1. The number of rotatable bonds is 14. The van der Waals surface area contributed by atoms with E-state index in [9.17, 15) is 13.2 Å². The van der Waals surface area contributed by atoms with Crippen molar-refractivity contribution in [3.8, 4) is 17.2 Å². The minimum atomic E-state index is -4.09. The van der Waals surface area contributed by atoms with Gasteiger partial charge in [0.15, 0.2) is 11.5 Å². The molecule has 4 aromatic carbocycles. The van der Waals surface area contributed by atoms with Crippen molar-refractivity contribution in [2.75, 3.05) is 24.1 Å². The first-order chi connectivity index (χ1) is 21.2. The van der Waals surface area contributed by atoms with E-state index in [0.29, 0.717) is 53.3 Å². The third-order valence-electron chi connectivity index (χ3n) is 6.29. The van der Waals surface area contributed by atoms with Crippen molar-refractivity contribution in [3.63, 3.8) is 0 Å². The molecule has 0 aliphatic rings. The standard InChI is InChI=1S/C33H34ClN3O6S/c1-4-41-29-14-16-30(17-15-29)44(39,40)37(28-12-9-24(3)10-13-28)22-33(38)36-35-21-25-11-18-31(32(20-25)42-5-2)43-23-26-7-6-8-27(34)19-26/h6-21H,4-5,22-23H2,1-3H3,(H,36,38)/b35-21-. The minimum Gasteiger partial charge on any atom is -0.494 e. The Labute approximate surface area is 263 Å². The maximum absolute atomic E-state index is 13.6. The number of amides is 1. The molecule has 0 bridgehead atoms. The molecule has 11 heteroatoms. The fourth-order valence-corrected chi connectivity index (χ4v) is 5.79. The number of aryl methyl sites for hydroxylation is 1. The largest absolute Gasteiger partial charge is 0.494 e. The molecule has 0 unspecified atom stereocenters. The number of carbonyl (C=O) groups is 1. The SMILES string of the molecule is CCOc1ccc(S(=O)(=O)N(CC(=O)N/N=C\c2ccc(OCc3cccc(Cl)c3)c(OCC)c2)c2ccc(C)cc2)cc1. The molecule has 0 fully saturated rings. The van der Waals surface area contributed by atoms with Crippen molar-refractivity contribution >= 4 is 39.4 Å². The van der Waals surface area contributed by atoms with Crippen LogP contribution in [0.2, 0.25) is 5.02 Å². The van der Waals surface area contributed by atoms with Crippen molar-refractivity contribution in [2.45, 2.75) is 32.3 Å². The molecule has 4 rings (SSSR count). The summed E-state index contributed by atoms with van der Waals surface area (Å²) in [6.07, 6.45) is 1.44. The summed E-state index contributed by atoms with van der Waals surface area (Å²) in [7, 11) is -4.09. The molecule has 0 saturated carbocycles. The van der Waals surface area contributed by atoms with Crippen molar-refractivity contribution in [1.29, 1.82) is 0 Å². The molecule has 0 saturated heterocycles. The Kier molecular flexibility index (Phi) is 11.2. The number of sulfonamides is 1. The lowest BCUT2D eigenvalue weighted by molar-refractivity contribution is -0.119. The summed E-state index contributed by atoms with van der Waals surface area (Å²) in [6, 6.07) is 25.6. The minimum absolute atomic E-state index is 0.0268. The number of halogens is 1. The van der Waals surface area contributed by atoms with Crippen LogP contribution in [0.4, 0.5) is 5.69 Å². The number of carbonyl (C=O) groups excluding carboxylic acids is 1. The van der Waals surface area contributed by atoms with Crippen LogP contribution < -0.4 is 23.9 Å². The van der Waals surface area contributed by atoms with Gasteiger partial charge in [-0.15, -0.1) is 0 Å². The third-order valence-corrected chi connectivity index (χ3v) is 8.31. The molecule has 4 aromatic rings. The number of hydrogen-bond acceptors (Lipinski definition) is 7. The highest BCUT2D eigenvalue weighted by molar-refractivity contribution is 7.92. The monoisotopic (exact) mass is 635 g/mol. The Morgan fingerprint density at radius 3 is 2.30 bits per heavy atom. The van der Waals surface area contributed by atoms with Crippen LogP contribution in [0.3, 0.4) is 0 Å². The lowest BCUT2D eigenvalue weighted by Crippen LogP contribution is -2.39. The lowest BCUT2D eigenvalue weighted by Gasteiger charge is -2.24. The predicted molar refractivity (Wildman–Crippen MR) is 172 cm³/mol. The normalized spacial score (nSPS) is 11.3. The Morgan fingerprint density at radius 1 is 0.886 bits per heavy atom. The molecule has 0 spiro atoms. The number of nitrogens with one attached hydrogen (secondary N) is 1. The van der Waals surface area contributed by atoms with Gasteiger partial charge in [0.2, 0.25) is 0 Å². The first-order valence-corrected chi connectivity index (χ1v) is 15.8. The number of benzene rings is 4. The van der Waals surface area contributed by atoms with Crippen LogP contribution in [-0.2, 0) is 21.4 Å². The molecule has 230 valence electrons. The molecule has 0 radical (unpaired) electrons. The number of nitrogens with zero attached hydrogens (tertiary/aromatic N) is 2. The van der Waals surface area contributed by atoms with Crippen LogP contribution in [0, 0.1) is 6.92 Å². The van der Waals surface area contributed by atoms with Gasteiger partial charge in [-0.25, -0.2) is 13.8 Å². The Hall–Kier alpha value is -4.54. The zero-order valence-electron chi connectivity index (χ0n) is 24.7. The fourth-order valence-electron chi connectivity index (χ4n) is 4.15. The molecule has 0 aliphatic carbocycles. The van der Waals surface area contributed by atoms with Crippen LogP contribution in [0.15, 0.2) is 101 Å². The molecule has 44 heavy (non-hydrogen) atoms. The molecule has 0 heterocycles. The van der Waals surface area contributed by atoms with Crippen LogP contribution in [-0.4, -0.2) is 40.3 Å². The molecule has 1 N–H and O–H groups in total. The summed E-state index contributed by atoms with van der Waals surface area (Å²) in [5.74, 6) is 0.981. The summed E-state index contributed by atoms with van der Waals surface area (Å²) >= 11 is 6.07. The number of ether oxygens (including phenoxy) is 3. The van der Waals surface area contributed by atoms with Crippen LogP contribution in [0.5, 0.6) is 17.2 Å². The highest BCUT2D eigenvalue weighted by atomic mass is 35.5. The summed E-state index contributed by atoms with van der Waals surface area (Å²) in [5.41, 5.74) is 5.28. The van der Waals surface area contributed by atoms with Gasteiger partial charge >= 0.3 is 0 Å². The first kappa shape index (κ1) is 32.4. The summed E-state index contributed by atoms with van der Waals surface area (Å²) in [4.78, 5) is 13.0. The second kappa shape index (κ2) is 15.3. The van der Waals surface area contributed by atoms with Gasteiger partial charge in [-0.2, -0.15) is 5.10 Å². The van der Waals surface area contributed by atoms with E-state index in [1.165, 1.54) is 18.3 Å². The molecular weight excluding hydrogens is 602 g/mol. The van der Waals surface area contributed by atoms with Gasteiger partial charge in [0.1, 0.15) is 18.9 Å². The molecule has 9 nitrogen and oxygen atoms in total. The Morgan fingerprint density at radius 2 is 1.61 bits per heavy atom. The number of hydrogen-bond donors (Lipinski definition) is 1. The van der Waals surface area contributed by atoms with Gasteiger partial charge in [0, 0.05) is 5.02 Å². The lowest BCUT2D eigenvalue weighted by atomic mass is 10.2. The van der Waals surface area contributed by atoms with E-state index in [1.807, 2.05) is 39.0 Å². The predicted octanol–water partition coefficient (Wildman–Crippen LogP) is 6.37. The van der Waals surface area contributed by atoms with E-state index in [0.717, 1.165) is 15.4 Å². The van der Waals surface area contributed by atoms with Crippen molar-refractivity contribution in [2.24, 2.45) is 5.10 Å². The van der Waals surface area contributed by atoms with E-state index < -0.39 is 22.5 Å². The van der Waals surface area contributed by atoms with Crippen LogP contribution >= 0.6 is 11.6 Å². The van der Waals surface area contributed by atoms with E-state index in [4.69, 9.17) is 25.8 Å². The number of hydrazone groups is 1. The van der Waals surface area contributed by atoms with Crippen LogP contribution in [0.25, 0.3) is 0 Å². The Bertz CT molecular complexity index is 1690. The third kappa shape index (κ3) is 8.75. The Balaban J connectivity index is 1.47. The van der Waals surface area contributed by atoms with E-state index >= 15 is 0 Å². The molecule has 0 atom stereocenters. The van der Waals surface area contributed by atoms with Gasteiger partial charge < -0.3 is 14.2 Å². The topological polar surface area (TPSA) is 107 Å².